The molecule has 2 amide bonds. The number of nitrogens with zero attached hydrogens (tertiary/aromatic N) is 1. The van der Waals surface area contributed by atoms with Gasteiger partial charge in [-0.3, -0.25) is 4.79 Å². The number of likely N-dealkylation sites (tertiary alicyclic amines) is 1. The lowest BCUT2D eigenvalue weighted by Crippen LogP contribution is -2.43. The number of carboxylic acid groups (broad SMARTS) is 1. The summed E-state index contributed by atoms with van der Waals surface area (Å²) in [6.45, 7) is 0.276. The first-order valence-electron chi connectivity index (χ1n) is 4.86. The highest BCUT2D eigenvalue weighted by molar-refractivity contribution is 6.00. The average molecular weight is 230 g/mol. The van der Waals surface area contributed by atoms with Crippen molar-refractivity contribution in [3.05, 3.63) is 0 Å². The second-order valence-corrected chi connectivity index (χ2v) is 3.54. The molecule has 2 atom stereocenters. The van der Waals surface area contributed by atoms with E-state index in [0.29, 0.717) is 11.3 Å². The maximum absolute atomic E-state index is 11.6. The van der Waals surface area contributed by atoms with E-state index in [1.807, 2.05) is 0 Å². The second-order valence-electron chi connectivity index (χ2n) is 3.54. The highest BCUT2D eigenvalue weighted by Gasteiger charge is 2.46. The molecule has 90 valence electrons. The summed E-state index contributed by atoms with van der Waals surface area (Å²) in [5.41, 5.74) is 5.31. The maximum Gasteiger partial charge on any atom is 0.414 e. The molecule has 1 rings (SSSR count). The minimum absolute atomic E-state index is 0.148. The van der Waals surface area contributed by atoms with Crippen molar-refractivity contribution in [1.29, 1.82) is 0 Å². The summed E-state index contributed by atoms with van der Waals surface area (Å²) in [6.07, 6.45) is -0.912. The van der Waals surface area contributed by atoms with Crippen molar-refractivity contribution < 1.29 is 24.2 Å². The lowest BCUT2D eigenvalue weighted by Gasteiger charge is -2.16. The zero-order chi connectivity index (χ0) is 12.3. The number of imide groups is 1. The number of esters is 1. The minimum atomic E-state index is -1.43. The summed E-state index contributed by atoms with van der Waals surface area (Å²) in [4.78, 5) is 34.4. The van der Waals surface area contributed by atoms with Crippen LogP contribution in [0, 0.1) is 5.92 Å². The van der Waals surface area contributed by atoms with Gasteiger partial charge in [-0.15, -0.1) is 0 Å². The van der Waals surface area contributed by atoms with Crippen LogP contribution >= 0.6 is 0 Å². The quantitative estimate of drug-likeness (QED) is 0.626. The van der Waals surface area contributed by atoms with Crippen molar-refractivity contribution in [3.63, 3.8) is 0 Å². The summed E-state index contributed by atoms with van der Waals surface area (Å²) < 4.78 is 4.46. The number of carbonyl (C=O) groups is 3. The molecule has 0 aliphatic carbocycles. The molecular weight excluding hydrogens is 216 g/mol. The number of hydrogen-bond donors (Lipinski definition) is 2. The molecule has 16 heavy (non-hydrogen) atoms. The largest absolute Gasteiger partial charge is 0.467 e. The van der Waals surface area contributed by atoms with Gasteiger partial charge in [0.2, 0.25) is 5.91 Å². The third-order valence-electron chi connectivity index (χ3n) is 2.60. The van der Waals surface area contributed by atoms with Crippen molar-refractivity contribution in [2.45, 2.75) is 18.9 Å². The normalized spacial score (nSPS) is 24.6. The number of carbonyl (C=O) groups excluding carboxylic acids is 2. The topological polar surface area (TPSA) is 110 Å². The van der Waals surface area contributed by atoms with Crippen LogP contribution in [0.4, 0.5) is 4.79 Å². The van der Waals surface area contributed by atoms with E-state index in [1.54, 1.807) is 0 Å². The van der Waals surface area contributed by atoms with Gasteiger partial charge in [-0.1, -0.05) is 0 Å². The van der Waals surface area contributed by atoms with Gasteiger partial charge in [0.1, 0.15) is 6.04 Å². The van der Waals surface area contributed by atoms with E-state index in [2.05, 4.69) is 4.74 Å². The lowest BCUT2D eigenvalue weighted by atomic mass is 10.0. The van der Waals surface area contributed by atoms with Gasteiger partial charge in [0.15, 0.2) is 0 Å². The van der Waals surface area contributed by atoms with Crippen LogP contribution in [0.2, 0.25) is 0 Å². The Morgan fingerprint density at radius 2 is 2.25 bits per heavy atom. The fourth-order valence-electron chi connectivity index (χ4n) is 1.83. The smallest absolute Gasteiger partial charge is 0.414 e. The lowest BCUT2D eigenvalue weighted by molar-refractivity contribution is -0.148. The van der Waals surface area contributed by atoms with Crippen LogP contribution in [0.25, 0.3) is 0 Å². The first kappa shape index (κ1) is 12.4. The Bertz CT molecular complexity index is 317. The molecule has 1 aliphatic rings. The average Bonchev–Trinajstić information content (AvgIpc) is 2.56. The molecule has 1 aliphatic heterocycles. The SMILES string of the molecule is COC(=O)[C@@H]1C[C@H](CCN)C(=O)N1C(=O)O. The molecule has 0 saturated carbocycles. The molecule has 3 N–H and O–H groups in total. The van der Waals surface area contributed by atoms with Crippen LogP contribution in [-0.4, -0.2) is 47.7 Å². The monoisotopic (exact) mass is 230 g/mol. The Kier molecular flexibility index (Phi) is 3.83. The van der Waals surface area contributed by atoms with E-state index in [0.717, 1.165) is 7.11 Å². The first-order valence-corrected chi connectivity index (χ1v) is 4.86. The summed E-state index contributed by atoms with van der Waals surface area (Å²) >= 11 is 0. The third kappa shape index (κ3) is 2.13. The number of amides is 2. The Morgan fingerprint density at radius 1 is 1.62 bits per heavy atom. The molecule has 0 radical (unpaired) electrons. The molecule has 7 nitrogen and oxygen atoms in total. The molecular formula is C9H14N2O5. The molecule has 7 heteroatoms. The number of ether oxygens (including phenoxy) is 1. The Labute approximate surface area is 92.1 Å². The number of nitrogens with two attached hydrogens (primary N) is 1. The molecule has 0 unspecified atom stereocenters. The minimum Gasteiger partial charge on any atom is -0.467 e. The maximum atomic E-state index is 11.6. The molecule has 0 aromatic heterocycles. The molecule has 1 fully saturated rings. The predicted molar refractivity (Wildman–Crippen MR) is 52.5 cm³/mol. The fraction of sp³-hybridized carbons (Fsp3) is 0.667. The summed E-state index contributed by atoms with van der Waals surface area (Å²) in [5.74, 6) is -1.80. The van der Waals surface area contributed by atoms with Crippen molar-refractivity contribution in [1.82, 2.24) is 4.90 Å². The van der Waals surface area contributed by atoms with Crippen LogP contribution < -0.4 is 5.73 Å². The molecule has 0 aromatic carbocycles. The van der Waals surface area contributed by atoms with Gasteiger partial charge in [0.25, 0.3) is 0 Å². The third-order valence-corrected chi connectivity index (χ3v) is 2.60. The van der Waals surface area contributed by atoms with Gasteiger partial charge >= 0.3 is 12.1 Å². The van der Waals surface area contributed by atoms with Crippen molar-refractivity contribution in [2.75, 3.05) is 13.7 Å². The predicted octanol–water partition coefficient (Wildman–Crippen LogP) is -0.597. The van der Waals surface area contributed by atoms with Gasteiger partial charge < -0.3 is 15.6 Å². The van der Waals surface area contributed by atoms with Crippen LogP contribution in [0.5, 0.6) is 0 Å². The summed E-state index contributed by atoms with van der Waals surface area (Å²) in [6, 6.07) is -1.04. The Balaban J connectivity index is 2.88. The number of rotatable bonds is 3. The van der Waals surface area contributed by atoms with Gasteiger partial charge in [-0.2, -0.15) is 0 Å². The van der Waals surface area contributed by atoms with Gasteiger partial charge in [-0.05, 0) is 19.4 Å². The second kappa shape index (κ2) is 4.93. The molecule has 1 saturated heterocycles. The van der Waals surface area contributed by atoms with Crippen LogP contribution in [0.15, 0.2) is 0 Å². The Morgan fingerprint density at radius 3 is 2.69 bits per heavy atom. The highest BCUT2D eigenvalue weighted by atomic mass is 16.5. The van der Waals surface area contributed by atoms with Gasteiger partial charge in [0.05, 0.1) is 7.11 Å². The molecule has 0 spiro atoms. The van der Waals surface area contributed by atoms with E-state index in [1.165, 1.54) is 0 Å². The van der Waals surface area contributed by atoms with E-state index in [4.69, 9.17) is 10.8 Å². The molecule has 1 heterocycles. The zero-order valence-corrected chi connectivity index (χ0v) is 8.88. The van der Waals surface area contributed by atoms with E-state index < -0.39 is 29.9 Å². The Hall–Kier alpha value is -1.63. The summed E-state index contributed by atoms with van der Waals surface area (Å²) in [7, 11) is 1.16. The fourth-order valence-corrected chi connectivity index (χ4v) is 1.83. The summed E-state index contributed by atoms with van der Waals surface area (Å²) in [5, 5.41) is 8.85. The number of methoxy groups -OCH3 is 1. The molecule has 0 aromatic rings. The first-order chi connectivity index (χ1) is 7.52. The van der Waals surface area contributed by atoms with E-state index in [9.17, 15) is 14.4 Å². The van der Waals surface area contributed by atoms with E-state index >= 15 is 0 Å². The standard InChI is InChI=1S/C9H14N2O5/c1-16-8(13)6-4-5(2-3-10)7(12)11(6)9(14)15/h5-6H,2-4,10H2,1H3,(H,14,15)/t5-,6-/m0/s1. The van der Waals surface area contributed by atoms with Crippen LogP contribution in [0.3, 0.4) is 0 Å². The van der Waals surface area contributed by atoms with Crippen LogP contribution in [0.1, 0.15) is 12.8 Å². The molecule has 0 bridgehead atoms. The van der Waals surface area contributed by atoms with Crippen molar-refractivity contribution in [2.24, 2.45) is 11.7 Å². The number of hydrogen-bond acceptors (Lipinski definition) is 5. The van der Waals surface area contributed by atoms with E-state index in [-0.39, 0.29) is 13.0 Å². The van der Waals surface area contributed by atoms with Crippen LogP contribution in [-0.2, 0) is 14.3 Å². The zero-order valence-electron chi connectivity index (χ0n) is 8.88. The van der Waals surface area contributed by atoms with Gasteiger partial charge in [0, 0.05) is 5.92 Å². The van der Waals surface area contributed by atoms with Gasteiger partial charge in [-0.25, -0.2) is 14.5 Å². The highest BCUT2D eigenvalue weighted by Crippen LogP contribution is 2.27. The van der Waals surface area contributed by atoms with Crippen molar-refractivity contribution in [3.8, 4) is 0 Å². The van der Waals surface area contributed by atoms with Crippen molar-refractivity contribution >= 4 is 18.0 Å².